The first-order valence-corrected chi connectivity index (χ1v) is 9.06. The quantitative estimate of drug-likeness (QED) is 0.887. The van der Waals surface area contributed by atoms with Gasteiger partial charge in [0.25, 0.3) is 0 Å². The minimum atomic E-state index is -0.00246. The maximum absolute atomic E-state index is 12.4. The van der Waals surface area contributed by atoms with Crippen LogP contribution < -0.4 is 10.6 Å². The molecule has 0 radical (unpaired) electrons. The summed E-state index contributed by atoms with van der Waals surface area (Å²) in [6.45, 7) is 6.93. The molecule has 3 unspecified atom stereocenters. The van der Waals surface area contributed by atoms with Gasteiger partial charge >= 0.3 is 6.03 Å². The Morgan fingerprint density at radius 3 is 2.71 bits per heavy atom. The van der Waals surface area contributed by atoms with Gasteiger partial charge in [-0.2, -0.15) is 0 Å². The molecule has 0 aromatic carbocycles. The molecule has 2 aliphatic rings. The fraction of sp³-hybridized carbons (Fsp3) is 0.722. The average molecular weight is 331 g/mol. The topological polar surface area (TPSA) is 70.2 Å². The van der Waals surface area contributed by atoms with Crippen molar-refractivity contribution >= 4 is 6.03 Å². The first-order chi connectivity index (χ1) is 11.5. The lowest BCUT2D eigenvalue weighted by atomic mass is 9.79. The van der Waals surface area contributed by atoms with E-state index < -0.39 is 0 Å². The van der Waals surface area contributed by atoms with Crippen LogP contribution in [0.3, 0.4) is 0 Å². The van der Waals surface area contributed by atoms with E-state index in [4.69, 9.17) is 0 Å². The van der Waals surface area contributed by atoms with E-state index in [1.54, 1.807) is 4.90 Å². The minimum absolute atomic E-state index is 0.00246. The van der Waals surface area contributed by atoms with Crippen molar-refractivity contribution in [2.75, 3.05) is 20.1 Å². The van der Waals surface area contributed by atoms with E-state index in [2.05, 4.69) is 34.4 Å². The van der Waals surface area contributed by atoms with Crippen molar-refractivity contribution < 1.29 is 4.79 Å². The second-order valence-electron chi connectivity index (χ2n) is 7.60. The largest absolute Gasteiger partial charge is 0.335 e. The number of carbonyl (C=O) groups is 1. The number of hydrogen-bond donors (Lipinski definition) is 2. The van der Waals surface area contributed by atoms with E-state index in [-0.39, 0.29) is 6.03 Å². The highest BCUT2D eigenvalue weighted by Gasteiger charge is 2.34. The summed E-state index contributed by atoms with van der Waals surface area (Å²) in [5, 5.41) is 6.67. The Labute approximate surface area is 144 Å². The lowest BCUT2D eigenvalue weighted by molar-refractivity contribution is 0.187. The molecule has 6 heteroatoms. The normalized spacial score (nSPS) is 26.2. The highest BCUT2D eigenvalue weighted by atomic mass is 16.2. The van der Waals surface area contributed by atoms with Crippen LogP contribution in [0.25, 0.3) is 0 Å². The average Bonchev–Trinajstić information content (AvgIpc) is 3.03. The molecule has 1 aromatic rings. The Balaban J connectivity index is 1.49. The number of hydrogen-bond acceptors (Lipinski definition) is 4. The summed E-state index contributed by atoms with van der Waals surface area (Å²) in [6.07, 6.45) is 7.05. The fourth-order valence-corrected chi connectivity index (χ4v) is 3.81. The Morgan fingerprint density at radius 1 is 1.29 bits per heavy atom. The van der Waals surface area contributed by atoms with Gasteiger partial charge in [0.2, 0.25) is 0 Å². The van der Waals surface area contributed by atoms with Gasteiger partial charge in [0.15, 0.2) is 0 Å². The smallest absolute Gasteiger partial charge is 0.317 e. The van der Waals surface area contributed by atoms with Gasteiger partial charge in [0, 0.05) is 37.0 Å². The van der Waals surface area contributed by atoms with Crippen molar-refractivity contribution in [2.24, 2.45) is 11.8 Å². The van der Waals surface area contributed by atoms with Crippen molar-refractivity contribution in [3.05, 3.63) is 23.8 Å². The van der Waals surface area contributed by atoms with E-state index in [0.717, 1.165) is 49.2 Å². The van der Waals surface area contributed by atoms with Crippen LogP contribution in [0.5, 0.6) is 0 Å². The van der Waals surface area contributed by atoms with Crippen LogP contribution in [0, 0.1) is 11.8 Å². The van der Waals surface area contributed by atoms with Gasteiger partial charge in [-0.05, 0) is 44.2 Å². The zero-order valence-electron chi connectivity index (χ0n) is 15.0. The van der Waals surface area contributed by atoms with Crippen molar-refractivity contribution in [1.82, 2.24) is 25.5 Å². The summed E-state index contributed by atoms with van der Waals surface area (Å²) >= 11 is 0. The molecule has 0 spiro atoms. The van der Waals surface area contributed by atoms with E-state index >= 15 is 0 Å². The van der Waals surface area contributed by atoms with Gasteiger partial charge in [-0.25, -0.2) is 14.8 Å². The number of aromatic nitrogens is 2. The Hall–Kier alpha value is -1.69. The fourth-order valence-electron chi connectivity index (χ4n) is 3.81. The molecule has 1 saturated heterocycles. The van der Waals surface area contributed by atoms with Crippen molar-refractivity contribution in [3.63, 3.8) is 0 Å². The maximum Gasteiger partial charge on any atom is 0.317 e. The molecule has 3 rings (SSSR count). The van der Waals surface area contributed by atoms with Crippen LogP contribution in [0.2, 0.25) is 0 Å². The van der Waals surface area contributed by atoms with E-state index in [0.29, 0.717) is 18.5 Å². The molecule has 2 N–H and O–H groups in total. The van der Waals surface area contributed by atoms with Gasteiger partial charge in [-0.15, -0.1) is 0 Å². The van der Waals surface area contributed by atoms with Gasteiger partial charge in [-0.1, -0.05) is 13.8 Å². The van der Waals surface area contributed by atoms with Crippen LogP contribution in [0.1, 0.15) is 50.4 Å². The number of nitrogens with one attached hydrogen (secondary N) is 2. The maximum atomic E-state index is 12.4. The van der Waals surface area contributed by atoms with Crippen LogP contribution >= 0.6 is 0 Å². The van der Waals surface area contributed by atoms with Gasteiger partial charge in [-0.3, -0.25) is 0 Å². The van der Waals surface area contributed by atoms with Crippen molar-refractivity contribution in [3.8, 4) is 0 Å². The molecule has 132 valence electrons. The highest BCUT2D eigenvalue weighted by molar-refractivity contribution is 5.74. The summed E-state index contributed by atoms with van der Waals surface area (Å²) < 4.78 is 0. The van der Waals surface area contributed by atoms with Gasteiger partial charge in [0.1, 0.15) is 5.82 Å². The first-order valence-electron chi connectivity index (χ1n) is 9.06. The zero-order valence-corrected chi connectivity index (χ0v) is 15.0. The lowest BCUT2D eigenvalue weighted by Gasteiger charge is -2.32. The zero-order chi connectivity index (χ0) is 17.1. The van der Waals surface area contributed by atoms with Crippen LogP contribution in [0.15, 0.2) is 12.4 Å². The number of amides is 2. The lowest BCUT2D eigenvalue weighted by Crippen LogP contribution is -2.45. The number of urea groups is 1. The molecule has 2 amide bonds. The Bertz CT molecular complexity index is 559. The van der Waals surface area contributed by atoms with Gasteiger partial charge in [0.05, 0.1) is 6.54 Å². The number of rotatable bonds is 4. The molecule has 2 fully saturated rings. The predicted octanol–water partition coefficient (Wildman–Crippen LogP) is 2.13. The summed E-state index contributed by atoms with van der Waals surface area (Å²) in [5.41, 5.74) is 0.959. The third-order valence-electron chi connectivity index (χ3n) is 5.29. The molecule has 1 aromatic heterocycles. The number of fused-ring (bicyclic) bond motifs is 1. The molecule has 6 nitrogen and oxygen atoms in total. The SMILES string of the molecule is CC(C)c1ncc(CN(C)C(=O)NC2CCC3CNCC3C2)cn1. The van der Waals surface area contributed by atoms with E-state index in [1.165, 1.54) is 6.42 Å². The van der Waals surface area contributed by atoms with E-state index in [9.17, 15) is 4.79 Å². The van der Waals surface area contributed by atoms with Crippen LogP contribution in [-0.4, -0.2) is 47.1 Å². The van der Waals surface area contributed by atoms with Crippen molar-refractivity contribution in [2.45, 2.75) is 51.6 Å². The third kappa shape index (κ3) is 4.04. The van der Waals surface area contributed by atoms with E-state index in [1.807, 2.05) is 19.4 Å². The molecular weight excluding hydrogens is 302 g/mol. The second-order valence-corrected chi connectivity index (χ2v) is 7.60. The Kier molecular flexibility index (Phi) is 5.33. The summed E-state index contributed by atoms with van der Waals surface area (Å²) in [4.78, 5) is 22.9. The molecule has 3 atom stereocenters. The second kappa shape index (κ2) is 7.47. The molecule has 1 saturated carbocycles. The summed E-state index contributed by atoms with van der Waals surface area (Å²) in [7, 11) is 1.83. The molecule has 2 heterocycles. The van der Waals surface area contributed by atoms with Crippen LogP contribution in [-0.2, 0) is 6.54 Å². The molecule has 0 bridgehead atoms. The Morgan fingerprint density at radius 2 is 2.00 bits per heavy atom. The third-order valence-corrected chi connectivity index (χ3v) is 5.29. The molecular formula is C18H29N5O. The van der Waals surface area contributed by atoms with Crippen molar-refractivity contribution in [1.29, 1.82) is 0 Å². The molecule has 1 aliphatic heterocycles. The molecule has 24 heavy (non-hydrogen) atoms. The number of carbonyl (C=O) groups excluding carboxylic acids is 1. The predicted molar refractivity (Wildman–Crippen MR) is 93.6 cm³/mol. The first kappa shape index (κ1) is 17.1. The molecule has 1 aliphatic carbocycles. The van der Waals surface area contributed by atoms with Crippen LogP contribution in [0.4, 0.5) is 4.79 Å². The monoisotopic (exact) mass is 331 g/mol. The highest BCUT2D eigenvalue weighted by Crippen LogP contribution is 2.32. The number of nitrogens with zero attached hydrogens (tertiary/aromatic N) is 3. The summed E-state index contributed by atoms with van der Waals surface area (Å²) in [6, 6.07) is 0.304. The minimum Gasteiger partial charge on any atom is -0.335 e. The summed E-state index contributed by atoms with van der Waals surface area (Å²) in [5.74, 6) is 2.70. The standard InChI is InChI=1S/C18H29N5O/c1-12(2)17-20-7-13(8-21-17)11-23(3)18(24)22-16-5-4-14-9-19-10-15(14)6-16/h7-8,12,14-16,19H,4-6,9-11H2,1-3H3,(H,22,24). The van der Waals surface area contributed by atoms with Gasteiger partial charge < -0.3 is 15.5 Å².